The van der Waals surface area contributed by atoms with E-state index in [1.165, 1.54) is 4.90 Å². The number of para-hydroxylation sites is 1. The highest BCUT2D eigenvalue weighted by Crippen LogP contribution is 2.32. The van der Waals surface area contributed by atoms with Gasteiger partial charge in [-0.05, 0) is 49.2 Å². The number of carbonyl (C=O) groups is 1. The van der Waals surface area contributed by atoms with Gasteiger partial charge in [-0.25, -0.2) is 4.79 Å². The lowest BCUT2D eigenvalue weighted by molar-refractivity contribution is 0.200. The Morgan fingerprint density at radius 1 is 1.24 bits per heavy atom. The molecular formula is C20H24N2O3. The third-order valence-electron chi connectivity index (χ3n) is 4.78. The number of hydrogen-bond donors (Lipinski definition) is 2. The molecule has 25 heavy (non-hydrogen) atoms. The molecule has 1 aliphatic rings. The van der Waals surface area contributed by atoms with Crippen LogP contribution in [0.1, 0.15) is 12.0 Å². The molecule has 2 aromatic carbocycles. The zero-order valence-corrected chi connectivity index (χ0v) is 14.4. The Labute approximate surface area is 148 Å². The van der Waals surface area contributed by atoms with Gasteiger partial charge < -0.3 is 15.1 Å². The molecule has 2 aromatic rings. The summed E-state index contributed by atoms with van der Waals surface area (Å²) in [6.07, 6.45) is 0.0861. The Kier molecular flexibility index (Phi) is 5.36. The number of amides is 1. The van der Waals surface area contributed by atoms with Crippen LogP contribution in [0, 0.1) is 5.92 Å². The van der Waals surface area contributed by atoms with Crippen LogP contribution in [0.2, 0.25) is 0 Å². The van der Waals surface area contributed by atoms with Crippen LogP contribution in [0.15, 0.2) is 48.5 Å². The molecule has 0 aliphatic carbocycles. The first-order valence-corrected chi connectivity index (χ1v) is 8.56. The number of benzene rings is 2. The van der Waals surface area contributed by atoms with Crippen LogP contribution in [0.4, 0.5) is 10.5 Å². The molecule has 2 N–H and O–H groups in total. The van der Waals surface area contributed by atoms with Gasteiger partial charge >= 0.3 is 6.09 Å². The van der Waals surface area contributed by atoms with Gasteiger partial charge in [0, 0.05) is 18.7 Å². The molecule has 1 amide bonds. The number of anilines is 1. The van der Waals surface area contributed by atoms with E-state index in [1.807, 2.05) is 48.5 Å². The van der Waals surface area contributed by atoms with Crippen LogP contribution >= 0.6 is 0 Å². The minimum atomic E-state index is -0.930. The molecule has 5 heteroatoms. The lowest BCUT2D eigenvalue weighted by Crippen LogP contribution is -2.35. The second kappa shape index (κ2) is 7.68. The molecular weight excluding hydrogens is 316 g/mol. The van der Waals surface area contributed by atoms with E-state index >= 15 is 0 Å². The maximum absolute atomic E-state index is 11.9. The fourth-order valence-corrected chi connectivity index (χ4v) is 3.50. The van der Waals surface area contributed by atoms with Gasteiger partial charge in [-0.3, -0.25) is 4.90 Å². The van der Waals surface area contributed by atoms with Gasteiger partial charge in [-0.1, -0.05) is 36.4 Å². The van der Waals surface area contributed by atoms with E-state index in [0.29, 0.717) is 18.2 Å². The number of aliphatic hydroxyl groups excluding tert-OH is 1. The quantitative estimate of drug-likeness (QED) is 0.877. The molecule has 0 spiro atoms. The zero-order chi connectivity index (χ0) is 17.8. The topological polar surface area (TPSA) is 64.0 Å². The first kappa shape index (κ1) is 17.5. The van der Waals surface area contributed by atoms with Crippen molar-refractivity contribution in [2.75, 3.05) is 31.6 Å². The summed E-state index contributed by atoms with van der Waals surface area (Å²) in [5.74, 6) is 0.345. The van der Waals surface area contributed by atoms with Crippen LogP contribution in [0.25, 0.3) is 11.1 Å². The number of aliphatic hydroxyl groups is 1. The van der Waals surface area contributed by atoms with Gasteiger partial charge in [0.25, 0.3) is 0 Å². The van der Waals surface area contributed by atoms with Gasteiger partial charge in [-0.15, -0.1) is 0 Å². The van der Waals surface area contributed by atoms with E-state index in [1.54, 1.807) is 0 Å². The van der Waals surface area contributed by atoms with Crippen LogP contribution in [-0.4, -0.2) is 47.9 Å². The van der Waals surface area contributed by atoms with E-state index in [-0.39, 0.29) is 6.61 Å². The first-order valence-electron chi connectivity index (χ1n) is 8.56. The number of likely N-dealkylation sites (tertiary alicyclic amines) is 1. The van der Waals surface area contributed by atoms with Gasteiger partial charge in [-0.2, -0.15) is 0 Å². The van der Waals surface area contributed by atoms with E-state index < -0.39 is 6.09 Å². The van der Waals surface area contributed by atoms with Crippen LogP contribution in [0.3, 0.4) is 0 Å². The Balaban J connectivity index is 1.95. The largest absolute Gasteiger partial charge is 0.465 e. The Bertz CT molecular complexity index is 747. The second-order valence-electron chi connectivity index (χ2n) is 6.69. The SMILES string of the molecule is CN1CC[C@@H](CN(C(=O)O)c2ccccc2-c2cccc(CO)c2)C1. The molecule has 1 atom stereocenters. The van der Waals surface area contributed by atoms with Gasteiger partial charge in [0.05, 0.1) is 12.3 Å². The van der Waals surface area contributed by atoms with E-state index in [0.717, 1.165) is 36.2 Å². The molecule has 132 valence electrons. The summed E-state index contributed by atoms with van der Waals surface area (Å²) in [6.45, 7) is 2.40. The zero-order valence-electron chi connectivity index (χ0n) is 14.4. The van der Waals surface area contributed by atoms with Crippen LogP contribution < -0.4 is 4.90 Å². The third-order valence-corrected chi connectivity index (χ3v) is 4.78. The van der Waals surface area contributed by atoms with Crippen molar-refractivity contribution < 1.29 is 15.0 Å². The number of nitrogens with zero attached hydrogens (tertiary/aromatic N) is 2. The summed E-state index contributed by atoms with van der Waals surface area (Å²) < 4.78 is 0. The maximum Gasteiger partial charge on any atom is 0.411 e. The number of carboxylic acid groups (broad SMARTS) is 1. The predicted molar refractivity (Wildman–Crippen MR) is 98.8 cm³/mol. The normalized spacial score (nSPS) is 17.6. The van der Waals surface area contributed by atoms with Crippen molar-refractivity contribution in [2.24, 2.45) is 5.92 Å². The number of rotatable bonds is 5. The van der Waals surface area contributed by atoms with Crippen molar-refractivity contribution in [1.82, 2.24) is 4.90 Å². The molecule has 3 rings (SSSR count). The molecule has 0 bridgehead atoms. The standard InChI is InChI=1S/C20H24N2O3/c1-21-10-9-16(12-21)13-22(20(24)25)19-8-3-2-7-18(19)17-6-4-5-15(11-17)14-23/h2-8,11,16,23H,9-10,12-14H2,1H3,(H,24,25)/t16-/m1/s1. The predicted octanol–water partition coefficient (Wildman–Crippen LogP) is 3.28. The molecule has 5 nitrogen and oxygen atoms in total. The van der Waals surface area contributed by atoms with E-state index in [4.69, 9.17) is 0 Å². The Hall–Kier alpha value is -2.37. The average Bonchev–Trinajstić information content (AvgIpc) is 3.04. The lowest BCUT2D eigenvalue weighted by Gasteiger charge is -2.25. The van der Waals surface area contributed by atoms with Gasteiger partial charge in [0.2, 0.25) is 0 Å². The first-order chi connectivity index (χ1) is 12.1. The van der Waals surface area contributed by atoms with Gasteiger partial charge in [0.1, 0.15) is 0 Å². The molecule has 1 aliphatic heterocycles. The Morgan fingerprint density at radius 3 is 2.72 bits per heavy atom. The monoisotopic (exact) mass is 340 g/mol. The van der Waals surface area contributed by atoms with Crippen molar-refractivity contribution >= 4 is 11.8 Å². The summed E-state index contributed by atoms with van der Waals surface area (Å²) in [4.78, 5) is 15.6. The lowest BCUT2D eigenvalue weighted by atomic mass is 10.00. The molecule has 0 radical (unpaired) electrons. The third kappa shape index (κ3) is 4.00. The average molecular weight is 340 g/mol. The smallest absolute Gasteiger partial charge is 0.411 e. The summed E-state index contributed by atoms with van der Waals surface area (Å²) in [7, 11) is 2.07. The van der Waals surface area contributed by atoms with Crippen molar-refractivity contribution in [3.63, 3.8) is 0 Å². The van der Waals surface area contributed by atoms with E-state index in [2.05, 4.69) is 11.9 Å². The fourth-order valence-electron chi connectivity index (χ4n) is 3.50. The van der Waals surface area contributed by atoms with Crippen LogP contribution in [-0.2, 0) is 6.61 Å². The molecule has 0 saturated carbocycles. The minimum Gasteiger partial charge on any atom is -0.465 e. The molecule has 1 fully saturated rings. The number of hydrogen-bond acceptors (Lipinski definition) is 3. The minimum absolute atomic E-state index is 0.0347. The summed E-state index contributed by atoms with van der Waals surface area (Å²) in [6, 6.07) is 15.2. The molecule has 1 heterocycles. The van der Waals surface area contributed by atoms with E-state index in [9.17, 15) is 15.0 Å². The highest BCUT2D eigenvalue weighted by Gasteiger charge is 2.26. The fraction of sp³-hybridized carbons (Fsp3) is 0.350. The van der Waals surface area contributed by atoms with Crippen molar-refractivity contribution in [3.8, 4) is 11.1 Å². The van der Waals surface area contributed by atoms with Crippen molar-refractivity contribution in [2.45, 2.75) is 13.0 Å². The summed E-state index contributed by atoms with van der Waals surface area (Å²) in [5.41, 5.74) is 3.29. The highest BCUT2D eigenvalue weighted by molar-refractivity contribution is 5.92. The Morgan fingerprint density at radius 2 is 2.04 bits per heavy atom. The molecule has 0 unspecified atom stereocenters. The summed E-state index contributed by atoms with van der Waals surface area (Å²) >= 11 is 0. The highest BCUT2D eigenvalue weighted by atomic mass is 16.4. The van der Waals surface area contributed by atoms with Crippen molar-refractivity contribution in [1.29, 1.82) is 0 Å². The van der Waals surface area contributed by atoms with Crippen molar-refractivity contribution in [3.05, 3.63) is 54.1 Å². The molecule has 0 aromatic heterocycles. The molecule has 1 saturated heterocycles. The summed E-state index contributed by atoms with van der Waals surface area (Å²) in [5, 5.41) is 19.2. The van der Waals surface area contributed by atoms with Gasteiger partial charge in [0.15, 0.2) is 0 Å². The second-order valence-corrected chi connectivity index (χ2v) is 6.69. The van der Waals surface area contributed by atoms with Crippen LogP contribution in [0.5, 0.6) is 0 Å². The maximum atomic E-state index is 11.9.